The molecule has 0 saturated heterocycles. The largest absolute Gasteiger partial charge is 0.405 e. The predicted molar refractivity (Wildman–Crippen MR) is 195 cm³/mol. The van der Waals surface area contributed by atoms with Crippen LogP contribution in [-0.4, -0.2) is 28.9 Å². The van der Waals surface area contributed by atoms with Gasteiger partial charge in [-0.1, -0.05) is 203 Å². The fraction of sp³-hybridized carbons (Fsp3) is 0.100. The third-order valence-corrected chi connectivity index (χ3v) is 35.6. The summed E-state index contributed by atoms with van der Waals surface area (Å²) in [6.07, 6.45) is 0. The van der Waals surface area contributed by atoms with E-state index in [0.717, 1.165) is 0 Å². The smallest absolute Gasteiger partial charge is 0.249 e. The van der Waals surface area contributed by atoms with Crippen molar-refractivity contribution in [2.45, 2.75) is 26.4 Å². The lowest BCUT2D eigenvalue weighted by molar-refractivity contribution is 0.132. The van der Waals surface area contributed by atoms with Crippen molar-refractivity contribution in [3.8, 4) is 0 Å². The molecule has 217 valence electrons. The van der Waals surface area contributed by atoms with Crippen LogP contribution in [0, 0.1) is 0 Å². The molecule has 1 radical (unpaired) electrons. The SMILES string of the molecule is CC(C)(C)O[Si](c1ccccc1)(c1ccccc1)[Si](c1ccccc1)(c1ccccc1)[Si](c1ccccc1)c1ccccc1. The molecule has 44 heavy (non-hydrogen) atoms. The van der Waals surface area contributed by atoms with E-state index in [1.807, 2.05) is 0 Å². The summed E-state index contributed by atoms with van der Waals surface area (Å²) in [5.74, 6) is 0. The van der Waals surface area contributed by atoms with Gasteiger partial charge in [0, 0.05) is 5.60 Å². The van der Waals surface area contributed by atoms with Crippen LogP contribution >= 0.6 is 0 Å². The summed E-state index contributed by atoms with van der Waals surface area (Å²) in [6.45, 7) is 6.73. The topological polar surface area (TPSA) is 9.23 Å². The molecule has 0 atom stereocenters. The van der Waals surface area contributed by atoms with Crippen molar-refractivity contribution < 1.29 is 4.43 Å². The van der Waals surface area contributed by atoms with Crippen LogP contribution in [-0.2, 0) is 4.43 Å². The number of rotatable bonds is 9. The summed E-state index contributed by atoms with van der Waals surface area (Å²) < 4.78 is 8.02. The maximum absolute atomic E-state index is 8.02. The van der Waals surface area contributed by atoms with E-state index < -0.39 is 28.9 Å². The monoisotopic (exact) mass is 619 g/mol. The van der Waals surface area contributed by atoms with Crippen molar-refractivity contribution in [3.05, 3.63) is 182 Å². The highest BCUT2D eigenvalue weighted by atomic mass is 29.6. The van der Waals surface area contributed by atoms with Gasteiger partial charge in [0.2, 0.25) is 7.83 Å². The first-order valence-corrected chi connectivity index (χ1v) is 22.8. The van der Waals surface area contributed by atoms with Crippen LogP contribution in [0.3, 0.4) is 0 Å². The summed E-state index contributed by atoms with van der Waals surface area (Å²) in [7, 11) is -7.75. The zero-order chi connectivity index (χ0) is 30.5. The lowest BCUT2D eigenvalue weighted by atomic mass is 10.2. The highest BCUT2D eigenvalue weighted by Crippen LogP contribution is 2.29. The molecule has 0 aromatic heterocycles. The lowest BCUT2D eigenvalue weighted by Crippen LogP contribution is -2.95. The fourth-order valence-electron chi connectivity index (χ4n) is 6.82. The highest BCUT2D eigenvalue weighted by Gasteiger charge is 2.67. The van der Waals surface area contributed by atoms with E-state index in [9.17, 15) is 0 Å². The molecule has 0 aliphatic rings. The van der Waals surface area contributed by atoms with Gasteiger partial charge in [0.05, 0.1) is 0 Å². The molecule has 6 aromatic rings. The number of hydrogen-bond acceptors (Lipinski definition) is 1. The summed E-state index contributed by atoms with van der Waals surface area (Å²) in [6, 6.07) is 68.1. The van der Waals surface area contributed by atoms with E-state index >= 15 is 0 Å². The van der Waals surface area contributed by atoms with Crippen LogP contribution in [0.25, 0.3) is 0 Å². The average molecular weight is 620 g/mol. The molecule has 1 nitrogen and oxygen atoms in total. The van der Waals surface area contributed by atoms with Gasteiger partial charge >= 0.3 is 0 Å². The Kier molecular flexibility index (Phi) is 8.78. The van der Waals surface area contributed by atoms with Crippen LogP contribution in [0.2, 0.25) is 0 Å². The maximum atomic E-state index is 8.02. The summed E-state index contributed by atoms with van der Waals surface area (Å²) in [5.41, 5.74) is -0.403. The molecule has 0 aliphatic heterocycles. The summed E-state index contributed by atoms with van der Waals surface area (Å²) in [4.78, 5) is 0. The molecule has 0 fully saturated rings. The molecule has 0 aliphatic carbocycles. The Bertz CT molecular complexity index is 1620. The van der Waals surface area contributed by atoms with E-state index in [4.69, 9.17) is 4.43 Å². The van der Waals surface area contributed by atoms with Gasteiger partial charge in [-0.25, -0.2) is 0 Å². The standard InChI is InChI=1S/C40H39OSi3/c1-40(2,3)41-43(36-26-14-6-15-27-36,37-28-16-7-17-29-37)44(38-30-18-8-19-31-38,39-32-20-9-21-33-39)42(34-22-10-4-11-23-34)35-24-12-5-13-25-35/h4-33H,1-3H3. The minimum absolute atomic E-state index is 0.403. The first-order valence-electron chi connectivity index (χ1n) is 15.4. The third-order valence-electron chi connectivity index (χ3n) is 8.26. The second kappa shape index (κ2) is 12.9. The third kappa shape index (κ3) is 5.51. The Morgan fingerprint density at radius 3 is 0.955 bits per heavy atom. The Hall–Kier alpha value is -4.07. The van der Waals surface area contributed by atoms with Crippen LogP contribution in [0.15, 0.2) is 182 Å². The summed E-state index contributed by atoms with van der Waals surface area (Å²) in [5, 5.41) is 8.35. The minimum atomic E-state index is -3.19. The molecule has 6 rings (SSSR count). The van der Waals surface area contributed by atoms with Gasteiger partial charge in [-0.3, -0.25) is 0 Å². The second-order valence-electron chi connectivity index (χ2n) is 12.2. The van der Waals surface area contributed by atoms with E-state index in [2.05, 4.69) is 203 Å². The van der Waals surface area contributed by atoms with Crippen LogP contribution in [0.5, 0.6) is 0 Å². The minimum Gasteiger partial charge on any atom is -0.405 e. The van der Waals surface area contributed by atoms with Crippen molar-refractivity contribution in [2.24, 2.45) is 0 Å². The van der Waals surface area contributed by atoms with E-state index in [1.54, 1.807) is 0 Å². The second-order valence-corrected chi connectivity index (χ2v) is 29.1. The molecule has 4 heteroatoms. The van der Waals surface area contributed by atoms with Gasteiger partial charge in [0.25, 0.3) is 0 Å². The lowest BCUT2D eigenvalue weighted by Gasteiger charge is -2.54. The Morgan fingerprint density at radius 1 is 0.386 bits per heavy atom. The fourth-order valence-corrected chi connectivity index (χ4v) is 41.0. The first-order chi connectivity index (χ1) is 21.5. The number of hydrogen-bond donors (Lipinski definition) is 0. The maximum Gasteiger partial charge on any atom is 0.249 e. The molecule has 0 unspecified atom stereocenters. The molecular formula is C40H39OSi3. The van der Waals surface area contributed by atoms with Gasteiger partial charge in [0.15, 0.2) is 7.11 Å². The molecular weight excluding hydrogens is 581 g/mol. The van der Waals surface area contributed by atoms with Crippen LogP contribution in [0.4, 0.5) is 0 Å². The molecule has 0 spiro atoms. The summed E-state index contributed by atoms with van der Waals surface area (Å²) >= 11 is 0. The Labute approximate surface area is 266 Å². The van der Waals surface area contributed by atoms with E-state index in [0.29, 0.717) is 0 Å². The van der Waals surface area contributed by atoms with Gasteiger partial charge < -0.3 is 4.43 Å². The van der Waals surface area contributed by atoms with Crippen molar-refractivity contribution in [1.82, 2.24) is 0 Å². The van der Waals surface area contributed by atoms with Crippen molar-refractivity contribution in [1.29, 1.82) is 0 Å². The van der Waals surface area contributed by atoms with Crippen LogP contribution in [0.1, 0.15) is 20.8 Å². The number of benzene rings is 6. The zero-order valence-electron chi connectivity index (χ0n) is 25.7. The van der Waals surface area contributed by atoms with Gasteiger partial charge in [-0.2, -0.15) is 0 Å². The van der Waals surface area contributed by atoms with Crippen molar-refractivity contribution >= 4 is 54.4 Å². The Balaban J connectivity index is 1.93. The highest BCUT2D eigenvalue weighted by molar-refractivity contribution is 7.80. The molecule has 6 aromatic carbocycles. The Morgan fingerprint density at radius 2 is 0.659 bits per heavy atom. The molecule has 0 saturated carbocycles. The quantitative estimate of drug-likeness (QED) is 0.200. The first kappa shape index (κ1) is 30.0. The normalized spacial score (nSPS) is 12.3. The molecule has 0 amide bonds. The predicted octanol–water partition coefficient (Wildman–Crippen LogP) is 5.29. The van der Waals surface area contributed by atoms with Gasteiger partial charge in [0.1, 0.15) is 8.31 Å². The van der Waals surface area contributed by atoms with E-state index in [1.165, 1.54) is 31.1 Å². The van der Waals surface area contributed by atoms with Gasteiger partial charge in [-0.05, 0) is 31.1 Å². The molecule has 0 bridgehead atoms. The van der Waals surface area contributed by atoms with Crippen molar-refractivity contribution in [3.63, 3.8) is 0 Å². The average Bonchev–Trinajstić information content (AvgIpc) is 3.08. The van der Waals surface area contributed by atoms with Crippen molar-refractivity contribution in [2.75, 3.05) is 0 Å². The molecule has 0 heterocycles. The van der Waals surface area contributed by atoms with Gasteiger partial charge in [-0.15, -0.1) is 0 Å². The zero-order valence-corrected chi connectivity index (χ0v) is 28.7. The van der Waals surface area contributed by atoms with E-state index in [-0.39, 0.29) is 0 Å². The van der Waals surface area contributed by atoms with Crippen LogP contribution < -0.4 is 31.1 Å². The molecule has 0 N–H and O–H groups in total.